The number of hydrogen-bond donors (Lipinski definition) is 0. The zero-order valence-electron chi connectivity index (χ0n) is 6.74. The highest BCUT2D eigenvalue weighted by Crippen LogP contribution is 2.07. The number of carbonyl (C=O) groups excluding carboxylic acids is 1. The molecule has 0 radical (unpaired) electrons. The summed E-state index contributed by atoms with van der Waals surface area (Å²) >= 11 is 0. The number of rotatable bonds is 2. The van der Waals surface area contributed by atoms with E-state index in [0.29, 0.717) is 17.5 Å². The summed E-state index contributed by atoms with van der Waals surface area (Å²) in [7, 11) is 0. The van der Waals surface area contributed by atoms with Gasteiger partial charge in [0, 0.05) is 18.8 Å². The third-order valence-electron chi connectivity index (χ3n) is 1.56. The average molecular weight is 160 g/mol. The fourth-order valence-electron chi connectivity index (χ4n) is 0.905. The molecule has 0 N–H and O–H groups in total. The van der Waals surface area contributed by atoms with Gasteiger partial charge < -0.3 is 0 Å². The van der Waals surface area contributed by atoms with Gasteiger partial charge in [-0.3, -0.25) is 9.78 Å². The summed E-state index contributed by atoms with van der Waals surface area (Å²) in [5, 5.41) is 8.63. The molecule has 1 aromatic rings. The zero-order chi connectivity index (χ0) is 8.97. The van der Waals surface area contributed by atoms with Crippen LogP contribution < -0.4 is 0 Å². The minimum absolute atomic E-state index is 0.0420. The Morgan fingerprint density at radius 3 is 3.08 bits per heavy atom. The van der Waals surface area contributed by atoms with Gasteiger partial charge in [0.25, 0.3) is 0 Å². The molecule has 0 aliphatic rings. The molecular weight excluding hydrogens is 152 g/mol. The van der Waals surface area contributed by atoms with E-state index in [1.165, 1.54) is 12.4 Å². The van der Waals surface area contributed by atoms with Crippen LogP contribution in [-0.2, 0) is 0 Å². The molecule has 0 amide bonds. The first-order valence-corrected chi connectivity index (χ1v) is 3.67. The Kier molecular flexibility index (Phi) is 2.54. The van der Waals surface area contributed by atoms with E-state index in [4.69, 9.17) is 5.26 Å². The Balaban J connectivity index is 3.16. The maximum Gasteiger partial charge on any atom is 0.165 e. The summed E-state index contributed by atoms with van der Waals surface area (Å²) in [6.45, 7) is 1.76. The second-order valence-electron chi connectivity index (χ2n) is 2.31. The van der Waals surface area contributed by atoms with Crippen LogP contribution in [-0.4, -0.2) is 10.8 Å². The molecule has 0 aromatic carbocycles. The van der Waals surface area contributed by atoms with Crippen LogP contribution in [0.4, 0.5) is 0 Å². The minimum Gasteiger partial charge on any atom is -0.294 e. The predicted molar refractivity (Wildman–Crippen MR) is 43.6 cm³/mol. The van der Waals surface area contributed by atoms with E-state index in [1.807, 2.05) is 6.07 Å². The van der Waals surface area contributed by atoms with E-state index in [-0.39, 0.29) is 5.78 Å². The van der Waals surface area contributed by atoms with E-state index >= 15 is 0 Å². The van der Waals surface area contributed by atoms with Gasteiger partial charge in [0.05, 0.1) is 17.2 Å². The van der Waals surface area contributed by atoms with E-state index in [2.05, 4.69) is 4.98 Å². The lowest BCUT2D eigenvalue weighted by atomic mass is 10.1. The van der Waals surface area contributed by atoms with Crippen molar-refractivity contribution in [1.82, 2.24) is 4.98 Å². The summed E-state index contributed by atoms with van der Waals surface area (Å²) < 4.78 is 0. The molecule has 0 fully saturated rings. The Bertz CT molecular complexity index is 339. The predicted octanol–water partition coefficient (Wildman–Crippen LogP) is 1.55. The van der Waals surface area contributed by atoms with Crippen LogP contribution >= 0.6 is 0 Å². The lowest BCUT2D eigenvalue weighted by Gasteiger charge is -1.97. The molecular formula is C9H8N2O. The highest BCUT2D eigenvalue weighted by molar-refractivity contribution is 5.97. The number of ketones is 1. The molecule has 0 saturated heterocycles. The topological polar surface area (TPSA) is 53.8 Å². The number of Topliss-reactive ketones (excluding diaryl/α,β-unsaturated/α-hetero) is 1. The van der Waals surface area contributed by atoms with Gasteiger partial charge in [0.15, 0.2) is 5.78 Å². The Morgan fingerprint density at radius 2 is 2.50 bits per heavy atom. The number of hydrogen-bond acceptors (Lipinski definition) is 3. The lowest BCUT2D eigenvalue weighted by molar-refractivity contribution is 0.0987. The van der Waals surface area contributed by atoms with E-state index in [0.717, 1.165) is 0 Å². The molecule has 1 rings (SSSR count). The van der Waals surface area contributed by atoms with Crippen molar-refractivity contribution >= 4 is 5.78 Å². The SMILES string of the molecule is CCC(=O)c1cnccc1C#N. The highest BCUT2D eigenvalue weighted by Gasteiger charge is 2.07. The molecule has 0 spiro atoms. The normalized spacial score (nSPS) is 9.00. The van der Waals surface area contributed by atoms with Gasteiger partial charge in [-0.05, 0) is 6.07 Å². The van der Waals surface area contributed by atoms with Gasteiger partial charge in [-0.25, -0.2) is 0 Å². The summed E-state index contributed by atoms with van der Waals surface area (Å²) in [5.74, 6) is -0.0420. The maximum absolute atomic E-state index is 11.2. The third kappa shape index (κ3) is 1.48. The van der Waals surface area contributed by atoms with Gasteiger partial charge in [0.2, 0.25) is 0 Å². The molecule has 0 aliphatic carbocycles. The van der Waals surface area contributed by atoms with Crippen molar-refractivity contribution < 1.29 is 4.79 Å². The van der Waals surface area contributed by atoms with Crippen LogP contribution in [0.3, 0.4) is 0 Å². The molecule has 0 saturated carbocycles. The van der Waals surface area contributed by atoms with Gasteiger partial charge in [-0.15, -0.1) is 0 Å². The number of carbonyl (C=O) groups is 1. The maximum atomic E-state index is 11.2. The monoisotopic (exact) mass is 160 g/mol. The molecule has 1 aromatic heterocycles. The van der Waals surface area contributed by atoms with Crippen molar-refractivity contribution in [3.63, 3.8) is 0 Å². The first-order valence-electron chi connectivity index (χ1n) is 3.67. The number of nitriles is 1. The lowest BCUT2D eigenvalue weighted by Crippen LogP contribution is -2.00. The summed E-state index contributed by atoms with van der Waals surface area (Å²) in [5.41, 5.74) is 0.819. The van der Waals surface area contributed by atoms with Crippen LogP contribution in [0.5, 0.6) is 0 Å². The van der Waals surface area contributed by atoms with Crippen molar-refractivity contribution in [2.75, 3.05) is 0 Å². The molecule has 0 aliphatic heterocycles. The summed E-state index contributed by atoms with van der Waals surface area (Å²) in [4.78, 5) is 15.0. The van der Waals surface area contributed by atoms with Crippen molar-refractivity contribution in [1.29, 1.82) is 5.26 Å². The first kappa shape index (κ1) is 8.41. The number of pyridine rings is 1. The molecule has 60 valence electrons. The summed E-state index contributed by atoms with van der Waals surface area (Å²) in [6.07, 6.45) is 3.34. The third-order valence-corrected chi connectivity index (χ3v) is 1.56. The Morgan fingerprint density at radius 1 is 1.75 bits per heavy atom. The van der Waals surface area contributed by atoms with Crippen LogP contribution in [0, 0.1) is 11.3 Å². The van der Waals surface area contributed by atoms with Crippen molar-refractivity contribution in [2.24, 2.45) is 0 Å². The molecule has 0 unspecified atom stereocenters. The summed E-state index contributed by atoms with van der Waals surface area (Å²) in [6, 6.07) is 3.49. The van der Waals surface area contributed by atoms with E-state index in [9.17, 15) is 4.79 Å². The van der Waals surface area contributed by atoms with Gasteiger partial charge in [0.1, 0.15) is 0 Å². The fourth-order valence-corrected chi connectivity index (χ4v) is 0.905. The van der Waals surface area contributed by atoms with Crippen LogP contribution in [0.15, 0.2) is 18.5 Å². The second kappa shape index (κ2) is 3.63. The molecule has 3 nitrogen and oxygen atoms in total. The number of aromatic nitrogens is 1. The van der Waals surface area contributed by atoms with Crippen molar-refractivity contribution in [3.05, 3.63) is 29.6 Å². The smallest absolute Gasteiger partial charge is 0.165 e. The quantitative estimate of drug-likeness (QED) is 0.616. The fraction of sp³-hybridized carbons (Fsp3) is 0.222. The van der Waals surface area contributed by atoms with Gasteiger partial charge in [-0.2, -0.15) is 5.26 Å². The van der Waals surface area contributed by atoms with Gasteiger partial charge in [-0.1, -0.05) is 6.92 Å². The molecule has 1 heterocycles. The average Bonchev–Trinajstić information content (AvgIpc) is 2.16. The molecule has 0 bridgehead atoms. The number of nitrogens with zero attached hydrogens (tertiary/aromatic N) is 2. The van der Waals surface area contributed by atoms with Crippen molar-refractivity contribution in [3.8, 4) is 6.07 Å². The first-order chi connectivity index (χ1) is 5.79. The van der Waals surface area contributed by atoms with Crippen LogP contribution in [0.2, 0.25) is 0 Å². The van der Waals surface area contributed by atoms with E-state index in [1.54, 1.807) is 13.0 Å². The minimum atomic E-state index is -0.0420. The van der Waals surface area contributed by atoms with E-state index < -0.39 is 0 Å². The molecule has 12 heavy (non-hydrogen) atoms. The zero-order valence-corrected chi connectivity index (χ0v) is 6.74. The Hall–Kier alpha value is -1.69. The van der Waals surface area contributed by atoms with Crippen molar-refractivity contribution in [2.45, 2.75) is 13.3 Å². The highest BCUT2D eigenvalue weighted by atomic mass is 16.1. The van der Waals surface area contributed by atoms with Crippen LogP contribution in [0.25, 0.3) is 0 Å². The molecule has 0 atom stereocenters. The van der Waals surface area contributed by atoms with Crippen LogP contribution in [0.1, 0.15) is 29.3 Å². The second-order valence-corrected chi connectivity index (χ2v) is 2.31. The Labute approximate surface area is 70.7 Å². The largest absolute Gasteiger partial charge is 0.294 e. The standard InChI is InChI=1S/C9H8N2O/c1-2-9(12)8-6-11-4-3-7(8)5-10/h3-4,6H,2H2,1H3. The van der Waals surface area contributed by atoms with Gasteiger partial charge >= 0.3 is 0 Å². The molecule has 3 heteroatoms.